The molecule has 1 aromatic carbocycles. The Morgan fingerprint density at radius 1 is 1.35 bits per heavy atom. The predicted octanol–water partition coefficient (Wildman–Crippen LogP) is 3.93. The Labute approximate surface area is 128 Å². The van der Waals surface area contributed by atoms with Crippen molar-refractivity contribution in [3.05, 3.63) is 29.8 Å². The number of piperidine rings is 1. The van der Waals surface area contributed by atoms with Crippen LogP contribution in [0.3, 0.4) is 0 Å². The van der Waals surface area contributed by atoms with E-state index in [4.69, 9.17) is 0 Å². The molecule has 3 heteroatoms. The minimum Gasteiger partial charge on any atom is -0.315 e. The van der Waals surface area contributed by atoms with E-state index in [1.54, 1.807) is 0 Å². The van der Waals surface area contributed by atoms with Crippen molar-refractivity contribution in [2.75, 3.05) is 25.9 Å². The van der Waals surface area contributed by atoms with Gasteiger partial charge in [0.1, 0.15) is 0 Å². The predicted molar refractivity (Wildman–Crippen MR) is 89.5 cm³/mol. The van der Waals surface area contributed by atoms with E-state index in [0.717, 1.165) is 6.54 Å². The van der Waals surface area contributed by atoms with Crippen LogP contribution in [-0.2, 0) is 0 Å². The van der Waals surface area contributed by atoms with Gasteiger partial charge in [-0.1, -0.05) is 19.1 Å². The summed E-state index contributed by atoms with van der Waals surface area (Å²) >= 11 is 1.81. The lowest BCUT2D eigenvalue weighted by atomic mass is 10.00. The van der Waals surface area contributed by atoms with Crippen molar-refractivity contribution in [3.8, 4) is 0 Å². The van der Waals surface area contributed by atoms with Gasteiger partial charge in [0.2, 0.25) is 0 Å². The van der Waals surface area contributed by atoms with E-state index in [-0.39, 0.29) is 0 Å². The van der Waals surface area contributed by atoms with Crippen molar-refractivity contribution in [1.82, 2.24) is 10.2 Å². The molecule has 20 heavy (non-hydrogen) atoms. The quantitative estimate of drug-likeness (QED) is 0.800. The van der Waals surface area contributed by atoms with Gasteiger partial charge in [0.25, 0.3) is 0 Å². The molecule has 1 saturated heterocycles. The minimum absolute atomic E-state index is 0.510. The third kappa shape index (κ3) is 4.00. The zero-order chi connectivity index (χ0) is 14.4. The van der Waals surface area contributed by atoms with E-state index in [2.05, 4.69) is 54.6 Å². The summed E-state index contributed by atoms with van der Waals surface area (Å²) in [5, 5.41) is 3.55. The smallest absolute Gasteiger partial charge is 0.0323 e. The summed E-state index contributed by atoms with van der Waals surface area (Å²) in [5.74, 6) is 0. The van der Waals surface area contributed by atoms with Gasteiger partial charge in [0.15, 0.2) is 0 Å². The Balaban J connectivity index is 2.09. The van der Waals surface area contributed by atoms with Gasteiger partial charge in [-0.05, 0) is 63.2 Å². The third-order valence-corrected chi connectivity index (χ3v) is 5.06. The first-order chi connectivity index (χ1) is 9.76. The van der Waals surface area contributed by atoms with Crippen molar-refractivity contribution in [2.24, 2.45) is 0 Å². The summed E-state index contributed by atoms with van der Waals surface area (Å²) in [4.78, 5) is 4.04. The van der Waals surface area contributed by atoms with Crippen LogP contribution in [0.1, 0.15) is 44.7 Å². The van der Waals surface area contributed by atoms with Crippen LogP contribution in [0.25, 0.3) is 0 Å². The van der Waals surface area contributed by atoms with Crippen molar-refractivity contribution in [1.29, 1.82) is 0 Å². The van der Waals surface area contributed by atoms with Crippen molar-refractivity contribution < 1.29 is 0 Å². The maximum atomic E-state index is 3.55. The summed E-state index contributed by atoms with van der Waals surface area (Å²) in [6.07, 6.45) is 6.00. The molecule has 1 N–H and O–H groups in total. The Bertz CT molecular complexity index is 384. The molecule has 0 aliphatic carbocycles. The van der Waals surface area contributed by atoms with E-state index in [1.165, 1.54) is 42.8 Å². The number of hydrogen-bond donors (Lipinski definition) is 1. The van der Waals surface area contributed by atoms with Crippen molar-refractivity contribution in [2.45, 2.75) is 50.1 Å². The number of nitrogens with one attached hydrogen (secondary N) is 1. The van der Waals surface area contributed by atoms with Crippen LogP contribution in [0.15, 0.2) is 29.2 Å². The van der Waals surface area contributed by atoms with Crippen LogP contribution in [-0.4, -0.2) is 36.8 Å². The van der Waals surface area contributed by atoms with Crippen molar-refractivity contribution >= 4 is 11.8 Å². The highest BCUT2D eigenvalue weighted by Crippen LogP contribution is 2.27. The fraction of sp³-hybridized carbons (Fsp3) is 0.647. The maximum Gasteiger partial charge on any atom is 0.0323 e. The van der Waals surface area contributed by atoms with Gasteiger partial charge in [-0.3, -0.25) is 4.90 Å². The summed E-state index contributed by atoms with van der Waals surface area (Å²) in [5.41, 5.74) is 1.45. The average Bonchev–Trinajstić information content (AvgIpc) is 2.53. The molecule has 1 heterocycles. The van der Waals surface area contributed by atoms with E-state index in [9.17, 15) is 0 Å². The van der Waals surface area contributed by atoms with E-state index < -0.39 is 0 Å². The fourth-order valence-electron chi connectivity index (χ4n) is 3.14. The summed E-state index contributed by atoms with van der Waals surface area (Å²) < 4.78 is 0. The summed E-state index contributed by atoms with van der Waals surface area (Å²) in [6, 6.07) is 10.3. The minimum atomic E-state index is 0.510. The molecule has 112 valence electrons. The van der Waals surface area contributed by atoms with E-state index in [1.807, 2.05) is 11.8 Å². The van der Waals surface area contributed by atoms with Crippen LogP contribution in [0.5, 0.6) is 0 Å². The molecular weight excluding hydrogens is 264 g/mol. The second kappa shape index (κ2) is 8.06. The molecule has 1 aliphatic heterocycles. The van der Waals surface area contributed by atoms with Gasteiger partial charge >= 0.3 is 0 Å². The molecule has 1 aromatic rings. The summed E-state index contributed by atoms with van der Waals surface area (Å²) in [6.45, 7) is 8.17. The highest BCUT2D eigenvalue weighted by Gasteiger charge is 2.25. The molecule has 0 radical (unpaired) electrons. The number of hydrogen-bond acceptors (Lipinski definition) is 3. The van der Waals surface area contributed by atoms with E-state index >= 15 is 0 Å². The van der Waals surface area contributed by atoms with Crippen molar-refractivity contribution in [3.63, 3.8) is 0 Å². The normalized spacial score (nSPS) is 21.1. The standard InChI is InChI=1S/C17H28N2S/c1-4-12-19(16-6-5-11-18-13-16)14(2)15-7-9-17(20-3)10-8-15/h7-10,14,16,18H,4-6,11-13H2,1-3H3. The molecule has 0 amide bonds. The summed E-state index contributed by atoms with van der Waals surface area (Å²) in [7, 11) is 0. The van der Waals surface area contributed by atoms with Crippen LogP contribution < -0.4 is 5.32 Å². The molecule has 2 rings (SSSR count). The SMILES string of the molecule is CCCN(C1CCCNC1)C(C)c1ccc(SC)cc1. The molecule has 1 aliphatic rings. The Morgan fingerprint density at radius 3 is 2.65 bits per heavy atom. The average molecular weight is 292 g/mol. The first-order valence-corrected chi connectivity index (χ1v) is 9.09. The van der Waals surface area contributed by atoms with Gasteiger partial charge in [0.05, 0.1) is 0 Å². The molecule has 0 aromatic heterocycles. The van der Waals surface area contributed by atoms with Crippen LogP contribution >= 0.6 is 11.8 Å². The Morgan fingerprint density at radius 2 is 2.10 bits per heavy atom. The van der Waals surface area contributed by atoms with Crippen LogP contribution in [0, 0.1) is 0 Å². The first kappa shape index (κ1) is 15.9. The molecule has 1 fully saturated rings. The Kier molecular flexibility index (Phi) is 6.40. The zero-order valence-electron chi connectivity index (χ0n) is 13.1. The molecule has 0 saturated carbocycles. The van der Waals surface area contributed by atoms with E-state index in [0.29, 0.717) is 12.1 Å². The lowest BCUT2D eigenvalue weighted by molar-refractivity contribution is 0.120. The topological polar surface area (TPSA) is 15.3 Å². The lowest BCUT2D eigenvalue weighted by Crippen LogP contribution is -2.47. The van der Waals surface area contributed by atoms with Gasteiger partial charge in [-0.2, -0.15) is 0 Å². The van der Waals surface area contributed by atoms with Gasteiger partial charge in [0, 0.05) is 23.5 Å². The van der Waals surface area contributed by atoms with Crippen LogP contribution in [0.4, 0.5) is 0 Å². The molecular formula is C17H28N2S. The second-order valence-electron chi connectivity index (χ2n) is 5.69. The first-order valence-electron chi connectivity index (χ1n) is 7.86. The monoisotopic (exact) mass is 292 g/mol. The van der Waals surface area contributed by atoms with Gasteiger partial charge in [-0.15, -0.1) is 11.8 Å². The molecule has 2 atom stereocenters. The van der Waals surface area contributed by atoms with Crippen LogP contribution in [0.2, 0.25) is 0 Å². The number of thioether (sulfide) groups is 1. The number of rotatable bonds is 6. The largest absolute Gasteiger partial charge is 0.315 e. The third-order valence-electron chi connectivity index (χ3n) is 4.32. The highest BCUT2D eigenvalue weighted by molar-refractivity contribution is 7.98. The molecule has 2 unspecified atom stereocenters. The molecule has 0 spiro atoms. The molecule has 0 bridgehead atoms. The maximum absolute atomic E-state index is 3.55. The van der Waals surface area contributed by atoms with Gasteiger partial charge in [-0.25, -0.2) is 0 Å². The van der Waals surface area contributed by atoms with Gasteiger partial charge < -0.3 is 5.32 Å². The second-order valence-corrected chi connectivity index (χ2v) is 6.57. The zero-order valence-corrected chi connectivity index (χ0v) is 13.9. The number of nitrogens with zero attached hydrogens (tertiary/aromatic N) is 1. The fourth-order valence-corrected chi connectivity index (χ4v) is 3.55. The highest BCUT2D eigenvalue weighted by atomic mass is 32.2. The number of benzene rings is 1. The lowest BCUT2D eigenvalue weighted by Gasteiger charge is -2.39. The Hall–Kier alpha value is -0.510. The molecule has 2 nitrogen and oxygen atoms in total.